The standard InChI is InChI=1S/C22H21N3O4/c26-21-17-8-4-5-9-18(17)22(27)24(21)16-10-11-19(20(14-16)25(28)29)23-13-12-15-6-2-1-3-7-15/h1-7,10-11,14,17-18,23H,8-9,12-13H2/t17-,18-/m0/s1. The van der Waals surface area contributed by atoms with E-state index in [1.165, 1.54) is 6.07 Å². The number of nitro groups is 1. The summed E-state index contributed by atoms with van der Waals surface area (Å²) >= 11 is 0. The Morgan fingerprint density at radius 1 is 1.00 bits per heavy atom. The molecule has 1 aliphatic heterocycles. The summed E-state index contributed by atoms with van der Waals surface area (Å²) in [5, 5.41) is 14.7. The highest BCUT2D eigenvalue weighted by Crippen LogP contribution is 2.39. The highest BCUT2D eigenvalue weighted by atomic mass is 16.6. The van der Waals surface area contributed by atoms with Gasteiger partial charge in [0.2, 0.25) is 11.8 Å². The maximum Gasteiger partial charge on any atom is 0.294 e. The van der Waals surface area contributed by atoms with E-state index in [2.05, 4.69) is 5.32 Å². The lowest BCUT2D eigenvalue weighted by Gasteiger charge is -2.16. The Hall–Kier alpha value is -3.48. The largest absolute Gasteiger partial charge is 0.379 e. The summed E-state index contributed by atoms with van der Waals surface area (Å²) in [7, 11) is 0. The first-order valence-electron chi connectivity index (χ1n) is 9.65. The molecule has 0 saturated carbocycles. The number of benzene rings is 2. The van der Waals surface area contributed by atoms with Crippen LogP contribution in [-0.2, 0) is 16.0 Å². The Labute approximate surface area is 168 Å². The van der Waals surface area contributed by atoms with Gasteiger partial charge in [-0.05, 0) is 37.0 Å². The molecule has 4 rings (SSSR count). The highest BCUT2D eigenvalue weighted by molar-refractivity contribution is 6.22. The van der Waals surface area contributed by atoms with Crippen LogP contribution in [0.3, 0.4) is 0 Å². The van der Waals surface area contributed by atoms with Crippen LogP contribution in [0.25, 0.3) is 0 Å². The molecule has 0 unspecified atom stereocenters. The Balaban J connectivity index is 1.54. The van der Waals surface area contributed by atoms with Gasteiger partial charge in [0.05, 0.1) is 22.4 Å². The van der Waals surface area contributed by atoms with Gasteiger partial charge in [-0.15, -0.1) is 0 Å². The normalized spacial score (nSPS) is 20.6. The van der Waals surface area contributed by atoms with E-state index in [0.717, 1.165) is 16.9 Å². The second-order valence-corrected chi connectivity index (χ2v) is 7.29. The molecule has 2 aromatic rings. The van der Waals surface area contributed by atoms with Crippen molar-refractivity contribution in [3.05, 3.63) is 76.4 Å². The average Bonchev–Trinajstić information content (AvgIpc) is 2.99. The second-order valence-electron chi connectivity index (χ2n) is 7.29. The maximum absolute atomic E-state index is 12.7. The number of nitrogens with one attached hydrogen (secondary N) is 1. The van der Waals surface area contributed by atoms with E-state index >= 15 is 0 Å². The quantitative estimate of drug-likeness (QED) is 0.351. The van der Waals surface area contributed by atoms with Gasteiger partial charge in [-0.3, -0.25) is 19.7 Å². The number of carbonyl (C=O) groups excluding carboxylic acids is 2. The molecule has 0 bridgehead atoms. The molecule has 148 valence electrons. The molecule has 1 saturated heterocycles. The van der Waals surface area contributed by atoms with Crippen molar-refractivity contribution in [1.82, 2.24) is 0 Å². The monoisotopic (exact) mass is 391 g/mol. The fourth-order valence-electron chi connectivity index (χ4n) is 4.00. The number of allylic oxidation sites excluding steroid dienone is 2. The van der Waals surface area contributed by atoms with Crippen LogP contribution in [0.5, 0.6) is 0 Å². The van der Waals surface area contributed by atoms with E-state index in [1.54, 1.807) is 12.1 Å². The number of anilines is 2. The minimum absolute atomic E-state index is 0.149. The summed E-state index contributed by atoms with van der Waals surface area (Å²) in [6, 6.07) is 14.3. The third-order valence-corrected chi connectivity index (χ3v) is 5.52. The first-order valence-corrected chi connectivity index (χ1v) is 9.65. The Bertz CT molecular complexity index is 961. The van der Waals surface area contributed by atoms with Crippen molar-refractivity contribution >= 4 is 28.9 Å². The van der Waals surface area contributed by atoms with Crippen molar-refractivity contribution in [2.45, 2.75) is 19.3 Å². The van der Waals surface area contributed by atoms with E-state index in [0.29, 0.717) is 25.1 Å². The maximum atomic E-state index is 12.7. The zero-order chi connectivity index (χ0) is 20.4. The predicted octanol–water partition coefficient (Wildman–Crippen LogP) is 3.71. The molecular weight excluding hydrogens is 370 g/mol. The van der Waals surface area contributed by atoms with Gasteiger partial charge in [0.1, 0.15) is 5.69 Å². The number of nitro benzene ring substituents is 1. The Morgan fingerprint density at radius 2 is 1.66 bits per heavy atom. The van der Waals surface area contributed by atoms with Crippen LogP contribution >= 0.6 is 0 Å². The van der Waals surface area contributed by atoms with Gasteiger partial charge in [-0.25, -0.2) is 4.90 Å². The number of fused-ring (bicyclic) bond motifs is 1. The number of carbonyl (C=O) groups is 2. The van der Waals surface area contributed by atoms with Gasteiger partial charge in [0.15, 0.2) is 0 Å². The van der Waals surface area contributed by atoms with Gasteiger partial charge in [0, 0.05) is 12.6 Å². The van der Waals surface area contributed by atoms with E-state index in [1.807, 2.05) is 42.5 Å². The van der Waals surface area contributed by atoms with Gasteiger partial charge in [0.25, 0.3) is 5.69 Å². The van der Waals surface area contributed by atoms with Gasteiger partial charge < -0.3 is 5.32 Å². The number of amides is 2. The van der Waals surface area contributed by atoms with Crippen molar-refractivity contribution in [3.8, 4) is 0 Å². The molecule has 2 amide bonds. The van der Waals surface area contributed by atoms with Crippen LogP contribution in [0.1, 0.15) is 18.4 Å². The molecule has 7 nitrogen and oxygen atoms in total. The highest BCUT2D eigenvalue weighted by Gasteiger charge is 2.48. The molecule has 1 heterocycles. The molecule has 1 N–H and O–H groups in total. The second kappa shape index (κ2) is 7.87. The number of hydrogen-bond donors (Lipinski definition) is 1. The van der Waals surface area contributed by atoms with Crippen LogP contribution in [0.4, 0.5) is 17.1 Å². The molecular formula is C22H21N3O4. The molecule has 0 aromatic heterocycles. The first kappa shape index (κ1) is 18.9. The van der Waals surface area contributed by atoms with Crippen LogP contribution < -0.4 is 10.2 Å². The Kier molecular flexibility index (Phi) is 5.12. The summed E-state index contributed by atoms with van der Waals surface area (Å²) in [6.45, 7) is 0.529. The number of rotatable bonds is 6. The van der Waals surface area contributed by atoms with Crippen molar-refractivity contribution in [2.24, 2.45) is 11.8 Å². The van der Waals surface area contributed by atoms with Crippen molar-refractivity contribution in [3.63, 3.8) is 0 Å². The third kappa shape index (κ3) is 3.63. The minimum atomic E-state index is -0.492. The topological polar surface area (TPSA) is 92.6 Å². The van der Waals surface area contributed by atoms with Crippen molar-refractivity contribution < 1.29 is 14.5 Å². The molecule has 2 aromatic carbocycles. The van der Waals surface area contributed by atoms with Crippen molar-refractivity contribution in [2.75, 3.05) is 16.8 Å². The van der Waals surface area contributed by atoms with Crippen LogP contribution in [0, 0.1) is 22.0 Å². The summed E-state index contributed by atoms with van der Waals surface area (Å²) in [5.74, 6) is -1.28. The molecule has 2 atom stereocenters. The molecule has 1 aliphatic carbocycles. The summed E-state index contributed by atoms with van der Waals surface area (Å²) in [5.41, 5.74) is 1.61. The average molecular weight is 391 g/mol. The fourth-order valence-corrected chi connectivity index (χ4v) is 4.00. The van der Waals surface area contributed by atoms with Crippen molar-refractivity contribution in [1.29, 1.82) is 0 Å². The lowest BCUT2D eigenvalue weighted by Crippen LogP contribution is -2.30. The lowest BCUT2D eigenvalue weighted by atomic mass is 9.85. The zero-order valence-electron chi connectivity index (χ0n) is 15.8. The number of nitrogens with zero attached hydrogens (tertiary/aromatic N) is 2. The van der Waals surface area contributed by atoms with Crippen LogP contribution in [0.2, 0.25) is 0 Å². The summed E-state index contributed by atoms with van der Waals surface area (Å²) in [4.78, 5) is 37.7. The fraction of sp³-hybridized carbons (Fsp3) is 0.273. The molecule has 2 aliphatic rings. The van der Waals surface area contributed by atoms with E-state index in [-0.39, 0.29) is 35.0 Å². The lowest BCUT2D eigenvalue weighted by molar-refractivity contribution is -0.383. The smallest absolute Gasteiger partial charge is 0.294 e. The SMILES string of the molecule is O=C1[C@H]2CC=CC[C@@H]2C(=O)N1c1ccc(NCCc2ccccc2)c([N+](=O)[O-])c1. The Morgan fingerprint density at radius 3 is 2.28 bits per heavy atom. The summed E-state index contributed by atoms with van der Waals surface area (Å²) in [6.07, 6.45) is 5.62. The first-order chi connectivity index (χ1) is 14.1. The minimum Gasteiger partial charge on any atom is -0.379 e. The molecule has 29 heavy (non-hydrogen) atoms. The number of hydrogen-bond acceptors (Lipinski definition) is 5. The molecule has 0 spiro atoms. The van der Waals surface area contributed by atoms with E-state index < -0.39 is 4.92 Å². The molecule has 7 heteroatoms. The molecule has 0 radical (unpaired) electrons. The van der Waals surface area contributed by atoms with Gasteiger partial charge in [-0.1, -0.05) is 42.5 Å². The predicted molar refractivity (Wildman–Crippen MR) is 110 cm³/mol. The van der Waals surface area contributed by atoms with E-state index in [4.69, 9.17) is 0 Å². The summed E-state index contributed by atoms with van der Waals surface area (Å²) < 4.78 is 0. The van der Waals surface area contributed by atoms with Crippen LogP contribution in [0.15, 0.2) is 60.7 Å². The van der Waals surface area contributed by atoms with Gasteiger partial charge >= 0.3 is 0 Å². The van der Waals surface area contributed by atoms with Gasteiger partial charge in [-0.2, -0.15) is 0 Å². The van der Waals surface area contributed by atoms with Crippen LogP contribution in [-0.4, -0.2) is 23.3 Å². The molecule has 1 fully saturated rings. The zero-order valence-corrected chi connectivity index (χ0v) is 15.8. The van der Waals surface area contributed by atoms with E-state index in [9.17, 15) is 19.7 Å². The number of imide groups is 1. The third-order valence-electron chi connectivity index (χ3n) is 5.52.